The van der Waals surface area contributed by atoms with Gasteiger partial charge < -0.3 is 15.2 Å². The van der Waals surface area contributed by atoms with Crippen LogP contribution >= 0.6 is 11.8 Å². The van der Waals surface area contributed by atoms with E-state index in [4.69, 9.17) is 0 Å². The van der Waals surface area contributed by atoms with Crippen LogP contribution in [-0.2, 0) is 9.59 Å². The molecule has 0 aliphatic heterocycles. The number of aliphatic carboxylic acids is 1. The van der Waals surface area contributed by atoms with Crippen molar-refractivity contribution in [2.24, 2.45) is 5.92 Å². The smallest absolute Gasteiger partial charge is 0.230 e. The molecule has 92 valence electrons. The van der Waals surface area contributed by atoms with Crippen molar-refractivity contribution in [1.82, 2.24) is 5.32 Å². The van der Waals surface area contributed by atoms with Crippen molar-refractivity contribution in [2.75, 3.05) is 11.5 Å². The molecule has 4 nitrogen and oxygen atoms in total. The molecule has 1 amide bonds. The lowest BCUT2D eigenvalue weighted by Gasteiger charge is -2.29. The molecule has 5 heteroatoms. The second kappa shape index (κ2) is 6.78. The Morgan fingerprint density at radius 2 is 2.00 bits per heavy atom. The van der Waals surface area contributed by atoms with Crippen molar-refractivity contribution in [1.29, 1.82) is 0 Å². The highest BCUT2D eigenvalue weighted by Gasteiger charge is 2.22. The normalized spacial score (nSPS) is 25.1. The van der Waals surface area contributed by atoms with E-state index >= 15 is 0 Å². The van der Waals surface area contributed by atoms with Crippen LogP contribution in [0.3, 0.4) is 0 Å². The molecule has 0 unspecified atom stereocenters. The third-order valence-corrected chi connectivity index (χ3v) is 3.82. The van der Waals surface area contributed by atoms with Crippen LogP contribution in [0.4, 0.5) is 0 Å². The number of nitrogens with one attached hydrogen (secondary N) is 1. The molecule has 16 heavy (non-hydrogen) atoms. The molecular formula is C11H18NO3S-. The van der Waals surface area contributed by atoms with E-state index < -0.39 is 5.97 Å². The number of carboxylic acids is 1. The molecule has 0 saturated heterocycles. The Morgan fingerprint density at radius 1 is 1.31 bits per heavy atom. The lowest BCUT2D eigenvalue weighted by molar-refractivity contribution is -0.301. The zero-order valence-electron chi connectivity index (χ0n) is 9.53. The fourth-order valence-electron chi connectivity index (χ4n) is 2.01. The second-order valence-corrected chi connectivity index (χ2v) is 5.29. The van der Waals surface area contributed by atoms with E-state index in [1.165, 1.54) is 12.8 Å². The first-order valence-corrected chi connectivity index (χ1v) is 6.82. The fourth-order valence-corrected chi connectivity index (χ4v) is 2.54. The van der Waals surface area contributed by atoms with E-state index in [0.29, 0.717) is 5.92 Å². The van der Waals surface area contributed by atoms with Gasteiger partial charge >= 0.3 is 0 Å². The average Bonchev–Trinajstić information content (AvgIpc) is 2.21. The van der Waals surface area contributed by atoms with Crippen molar-refractivity contribution in [3.8, 4) is 0 Å². The predicted molar refractivity (Wildman–Crippen MR) is 61.9 cm³/mol. The first-order valence-electron chi connectivity index (χ1n) is 5.66. The van der Waals surface area contributed by atoms with Crippen molar-refractivity contribution >= 4 is 23.6 Å². The highest BCUT2D eigenvalue weighted by molar-refractivity contribution is 8.00. The lowest BCUT2D eigenvalue weighted by atomic mass is 9.86. The summed E-state index contributed by atoms with van der Waals surface area (Å²) in [5, 5.41) is 13.1. The number of amides is 1. The summed E-state index contributed by atoms with van der Waals surface area (Å²) >= 11 is 1.09. The summed E-state index contributed by atoms with van der Waals surface area (Å²) in [6.45, 7) is 2.15. The summed E-state index contributed by atoms with van der Waals surface area (Å²) in [5.41, 5.74) is 0. The van der Waals surface area contributed by atoms with Gasteiger partial charge in [-0.2, -0.15) is 0 Å². The number of hydrogen-bond acceptors (Lipinski definition) is 4. The second-order valence-electron chi connectivity index (χ2n) is 4.30. The molecule has 0 aromatic carbocycles. The van der Waals surface area contributed by atoms with E-state index in [1.807, 2.05) is 0 Å². The maximum absolute atomic E-state index is 11.5. The third kappa shape index (κ3) is 4.88. The van der Waals surface area contributed by atoms with Gasteiger partial charge in [-0.25, -0.2) is 0 Å². The first-order chi connectivity index (χ1) is 7.59. The van der Waals surface area contributed by atoms with E-state index in [-0.39, 0.29) is 23.5 Å². The number of carboxylic acid groups (broad SMARTS) is 1. The maximum atomic E-state index is 11.5. The third-order valence-electron chi connectivity index (χ3n) is 2.91. The lowest BCUT2D eigenvalue weighted by Crippen LogP contribution is -2.42. The van der Waals surface area contributed by atoms with Gasteiger partial charge in [0.1, 0.15) is 0 Å². The molecular weight excluding hydrogens is 226 g/mol. The number of rotatable bonds is 5. The van der Waals surface area contributed by atoms with E-state index in [1.54, 1.807) is 0 Å². The molecule has 0 spiro atoms. The SMILES string of the molecule is C[C@@H]1CCCC[C@@H]1NC(=O)CSCC(=O)[O-]. The molecule has 1 fully saturated rings. The monoisotopic (exact) mass is 244 g/mol. The topological polar surface area (TPSA) is 69.2 Å². The number of carbonyl (C=O) groups is 2. The van der Waals surface area contributed by atoms with Crippen molar-refractivity contribution in [3.63, 3.8) is 0 Å². The van der Waals surface area contributed by atoms with Gasteiger partial charge in [-0.1, -0.05) is 19.8 Å². The van der Waals surface area contributed by atoms with Crippen molar-refractivity contribution in [2.45, 2.75) is 38.6 Å². The molecule has 1 N–H and O–H groups in total. The summed E-state index contributed by atoms with van der Waals surface area (Å²) < 4.78 is 0. The number of hydrogen-bond donors (Lipinski definition) is 1. The Labute approximate surface area is 100 Å². The molecule has 0 bridgehead atoms. The van der Waals surface area contributed by atoms with Gasteiger partial charge in [0.05, 0.1) is 11.7 Å². The Bertz CT molecular complexity index is 258. The molecule has 2 atom stereocenters. The number of carbonyl (C=O) groups excluding carboxylic acids is 2. The summed E-state index contributed by atoms with van der Waals surface area (Å²) in [7, 11) is 0. The molecule has 1 saturated carbocycles. The summed E-state index contributed by atoms with van der Waals surface area (Å²) in [6, 6.07) is 0.268. The molecule has 1 rings (SSSR count). The highest BCUT2D eigenvalue weighted by Crippen LogP contribution is 2.23. The van der Waals surface area contributed by atoms with Crippen LogP contribution in [0.5, 0.6) is 0 Å². The van der Waals surface area contributed by atoms with Crippen molar-refractivity contribution in [3.05, 3.63) is 0 Å². The van der Waals surface area contributed by atoms with E-state index in [0.717, 1.165) is 24.6 Å². The summed E-state index contributed by atoms with van der Waals surface area (Å²) in [6.07, 6.45) is 4.61. The van der Waals surface area contributed by atoms with Crippen LogP contribution in [0.15, 0.2) is 0 Å². The van der Waals surface area contributed by atoms with Crippen LogP contribution in [-0.4, -0.2) is 29.4 Å². The minimum atomic E-state index is -1.12. The molecule has 0 heterocycles. The zero-order valence-corrected chi connectivity index (χ0v) is 10.3. The Hall–Kier alpha value is -0.710. The van der Waals surface area contributed by atoms with Gasteiger partial charge in [-0.3, -0.25) is 4.79 Å². The minimum Gasteiger partial charge on any atom is -0.549 e. The predicted octanol–water partition coefficient (Wildman–Crippen LogP) is 0.164. The molecule has 1 aliphatic rings. The van der Waals surface area contributed by atoms with Gasteiger partial charge in [-0.15, -0.1) is 11.8 Å². The standard InChI is InChI=1S/C11H19NO3S/c1-8-4-2-3-5-9(8)12-10(13)6-16-7-11(14)15/h8-9H,2-7H2,1H3,(H,12,13)(H,14,15)/p-1/t8-,9+/m1/s1. The van der Waals surface area contributed by atoms with Gasteiger partial charge in [0.25, 0.3) is 0 Å². The maximum Gasteiger partial charge on any atom is 0.230 e. The van der Waals surface area contributed by atoms with Crippen LogP contribution < -0.4 is 10.4 Å². The van der Waals surface area contributed by atoms with Gasteiger partial charge in [0.2, 0.25) is 5.91 Å². The summed E-state index contributed by atoms with van der Waals surface area (Å²) in [4.78, 5) is 21.7. The molecule has 0 radical (unpaired) electrons. The molecule has 0 aromatic rings. The fraction of sp³-hybridized carbons (Fsp3) is 0.818. The molecule has 0 aromatic heterocycles. The summed E-state index contributed by atoms with van der Waals surface area (Å²) in [5.74, 6) is -0.567. The quantitative estimate of drug-likeness (QED) is 0.748. The van der Waals surface area contributed by atoms with Crippen LogP contribution in [0.1, 0.15) is 32.6 Å². The number of thioether (sulfide) groups is 1. The van der Waals surface area contributed by atoms with E-state index in [2.05, 4.69) is 12.2 Å². The first kappa shape index (κ1) is 13.4. The van der Waals surface area contributed by atoms with Gasteiger partial charge in [-0.05, 0) is 18.8 Å². The highest BCUT2D eigenvalue weighted by atomic mass is 32.2. The van der Waals surface area contributed by atoms with Crippen molar-refractivity contribution < 1.29 is 14.7 Å². The van der Waals surface area contributed by atoms with Gasteiger partial charge in [0.15, 0.2) is 0 Å². The Kier molecular flexibility index (Phi) is 5.66. The average molecular weight is 244 g/mol. The van der Waals surface area contributed by atoms with E-state index in [9.17, 15) is 14.7 Å². The largest absolute Gasteiger partial charge is 0.549 e. The van der Waals surface area contributed by atoms with Crippen LogP contribution in [0.2, 0.25) is 0 Å². The molecule has 1 aliphatic carbocycles. The Morgan fingerprint density at radius 3 is 2.62 bits per heavy atom. The minimum absolute atomic E-state index is 0.0648. The Balaban J connectivity index is 2.19. The zero-order chi connectivity index (χ0) is 12.0. The van der Waals surface area contributed by atoms with Crippen LogP contribution in [0, 0.1) is 5.92 Å². The van der Waals surface area contributed by atoms with Crippen LogP contribution in [0.25, 0.3) is 0 Å². The van der Waals surface area contributed by atoms with Gasteiger partial charge in [0, 0.05) is 11.8 Å².